The van der Waals surface area contributed by atoms with Crippen molar-refractivity contribution in [1.82, 2.24) is 0 Å². The lowest BCUT2D eigenvalue weighted by Gasteiger charge is -2.31. The first-order valence-electron chi connectivity index (χ1n) is 9.93. The van der Waals surface area contributed by atoms with Crippen LogP contribution in [0.5, 0.6) is 0 Å². The van der Waals surface area contributed by atoms with Gasteiger partial charge < -0.3 is 4.90 Å². The zero-order chi connectivity index (χ0) is 19.8. The summed E-state index contributed by atoms with van der Waals surface area (Å²) in [5.41, 5.74) is 8.89. The molecule has 1 aromatic rings. The Morgan fingerprint density at radius 3 is 2.22 bits per heavy atom. The second-order valence-electron chi connectivity index (χ2n) is 7.11. The van der Waals surface area contributed by atoms with Gasteiger partial charge in [-0.2, -0.15) is 0 Å². The second kappa shape index (κ2) is 9.97. The summed E-state index contributed by atoms with van der Waals surface area (Å²) in [6, 6.07) is 8.67. The Hall–Kier alpha value is -2.54. The molecule has 0 unspecified atom stereocenters. The maximum atomic E-state index is 4.19. The van der Waals surface area contributed by atoms with Gasteiger partial charge in [0.1, 0.15) is 0 Å². The molecule has 1 aromatic carbocycles. The Kier molecular flexibility index (Phi) is 7.67. The van der Waals surface area contributed by atoms with Crippen molar-refractivity contribution in [3.8, 4) is 0 Å². The summed E-state index contributed by atoms with van der Waals surface area (Å²) < 4.78 is 0. The van der Waals surface area contributed by atoms with E-state index in [0.717, 1.165) is 42.8 Å². The Bertz CT molecular complexity index is 797. The molecule has 1 aliphatic rings. The molecular weight excluding hydrogens is 326 g/mol. The third-order valence-electron chi connectivity index (χ3n) is 5.04. The van der Waals surface area contributed by atoms with Crippen LogP contribution in [0.1, 0.15) is 52.0 Å². The van der Waals surface area contributed by atoms with E-state index in [9.17, 15) is 0 Å². The van der Waals surface area contributed by atoms with Gasteiger partial charge in [0.2, 0.25) is 0 Å². The van der Waals surface area contributed by atoms with Gasteiger partial charge in [0.05, 0.1) is 0 Å². The van der Waals surface area contributed by atoms with E-state index in [1.54, 1.807) is 0 Å². The lowest BCUT2D eigenvalue weighted by molar-refractivity contribution is 0.838. The molecule has 142 valence electrons. The zero-order valence-electron chi connectivity index (χ0n) is 17.4. The molecule has 1 heteroatoms. The van der Waals surface area contributed by atoms with E-state index >= 15 is 0 Å². The van der Waals surface area contributed by atoms with Gasteiger partial charge in [0, 0.05) is 17.1 Å². The van der Waals surface area contributed by atoms with Gasteiger partial charge in [-0.15, -0.1) is 0 Å². The van der Waals surface area contributed by atoms with Crippen LogP contribution < -0.4 is 4.90 Å². The molecule has 0 saturated heterocycles. The first-order valence-corrected chi connectivity index (χ1v) is 9.93. The van der Waals surface area contributed by atoms with E-state index < -0.39 is 0 Å². The van der Waals surface area contributed by atoms with E-state index in [4.69, 9.17) is 0 Å². The van der Waals surface area contributed by atoms with Crippen molar-refractivity contribution in [2.75, 3.05) is 4.90 Å². The Labute approximate surface area is 165 Å². The SMILES string of the molecule is C=C/C(=C(\CCC)C1=CC=C(C)CC1)N(/C(C=C)=C/C)c1ccc(C)cc1. The summed E-state index contributed by atoms with van der Waals surface area (Å²) in [5, 5.41) is 0. The van der Waals surface area contributed by atoms with Crippen LogP contribution in [0.15, 0.2) is 95.9 Å². The summed E-state index contributed by atoms with van der Waals surface area (Å²) in [5.74, 6) is 0. The van der Waals surface area contributed by atoms with Crippen molar-refractivity contribution in [3.05, 3.63) is 101 Å². The maximum Gasteiger partial charge on any atom is 0.0490 e. The minimum Gasteiger partial charge on any atom is -0.311 e. The fraction of sp³-hybridized carbons (Fsp3) is 0.308. The highest BCUT2D eigenvalue weighted by atomic mass is 15.2. The Morgan fingerprint density at radius 2 is 1.74 bits per heavy atom. The average molecular weight is 360 g/mol. The highest BCUT2D eigenvalue weighted by Gasteiger charge is 2.19. The molecular formula is C26H33N. The minimum atomic E-state index is 1.04. The number of hydrogen-bond donors (Lipinski definition) is 0. The third-order valence-corrected chi connectivity index (χ3v) is 5.04. The molecule has 0 bridgehead atoms. The molecule has 0 N–H and O–H groups in total. The van der Waals surface area contributed by atoms with E-state index in [0.29, 0.717) is 0 Å². The van der Waals surface area contributed by atoms with Crippen LogP contribution in [-0.2, 0) is 0 Å². The van der Waals surface area contributed by atoms with Crippen LogP contribution >= 0.6 is 0 Å². The number of rotatable bonds is 8. The highest BCUT2D eigenvalue weighted by molar-refractivity contribution is 5.65. The molecule has 0 aliphatic heterocycles. The van der Waals surface area contributed by atoms with Gasteiger partial charge >= 0.3 is 0 Å². The van der Waals surface area contributed by atoms with Gasteiger partial charge in [0.25, 0.3) is 0 Å². The normalized spacial score (nSPS) is 15.5. The fourth-order valence-corrected chi connectivity index (χ4v) is 3.50. The largest absolute Gasteiger partial charge is 0.311 e. The lowest BCUT2D eigenvalue weighted by Crippen LogP contribution is -2.22. The van der Waals surface area contributed by atoms with E-state index in [1.165, 1.54) is 22.3 Å². The molecule has 0 fully saturated rings. The van der Waals surface area contributed by atoms with Crippen LogP contribution in [0.4, 0.5) is 5.69 Å². The summed E-state index contributed by atoms with van der Waals surface area (Å²) in [4.78, 5) is 2.29. The lowest BCUT2D eigenvalue weighted by atomic mass is 9.89. The quantitative estimate of drug-likeness (QED) is 0.428. The molecule has 0 aromatic heterocycles. The van der Waals surface area contributed by atoms with Crippen molar-refractivity contribution >= 4 is 5.69 Å². The van der Waals surface area contributed by atoms with E-state index in [2.05, 4.69) is 88.2 Å². The van der Waals surface area contributed by atoms with Crippen LogP contribution in [-0.4, -0.2) is 0 Å². The third kappa shape index (κ3) is 5.01. The van der Waals surface area contributed by atoms with Crippen LogP contribution in [0.25, 0.3) is 0 Å². The average Bonchev–Trinajstić information content (AvgIpc) is 2.69. The molecule has 1 aliphatic carbocycles. The summed E-state index contributed by atoms with van der Waals surface area (Å²) in [7, 11) is 0. The summed E-state index contributed by atoms with van der Waals surface area (Å²) in [6.07, 6.45) is 15.0. The number of anilines is 1. The van der Waals surface area contributed by atoms with Crippen molar-refractivity contribution in [2.45, 2.75) is 53.4 Å². The van der Waals surface area contributed by atoms with Crippen molar-refractivity contribution in [2.24, 2.45) is 0 Å². The van der Waals surface area contributed by atoms with Crippen molar-refractivity contribution in [1.29, 1.82) is 0 Å². The molecule has 0 radical (unpaired) electrons. The number of benzene rings is 1. The van der Waals surface area contributed by atoms with Gasteiger partial charge in [-0.1, -0.05) is 68.0 Å². The predicted octanol–water partition coefficient (Wildman–Crippen LogP) is 7.80. The molecule has 0 amide bonds. The Balaban J connectivity index is 2.69. The number of nitrogens with zero attached hydrogens (tertiary/aromatic N) is 1. The predicted molar refractivity (Wildman–Crippen MR) is 121 cm³/mol. The van der Waals surface area contributed by atoms with E-state index in [-0.39, 0.29) is 0 Å². The van der Waals surface area contributed by atoms with Crippen LogP contribution in [0.3, 0.4) is 0 Å². The molecule has 1 nitrogen and oxygen atoms in total. The van der Waals surface area contributed by atoms with Crippen molar-refractivity contribution in [3.63, 3.8) is 0 Å². The number of allylic oxidation sites excluding steroid dienone is 8. The van der Waals surface area contributed by atoms with Crippen LogP contribution in [0.2, 0.25) is 0 Å². The molecule has 2 rings (SSSR count). The van der Waals surface area contributed by atoms with Gasteiger partial charge in [-0.05, 0) is 75.5 Å². The molecule has 0 saturated carbocycles. The fourth-order valence-electron chi connectivity index (χ4n) is 3.50. The van der Waals surface area contributed by atoms with Gasteiger partial charge in [-0.25, -0.2) is 0 Å². The monoisotopic (exact) mass is 359 g/mol. The minimum absolute atomic E-state index is 1.04. The van der Waals surface area contributed by atoms with Gasteiger partial charge in [0.15, 0.2) is 0 Å². The topological polar surface area (TPSA) is 3.24 Å². The number of hydrogen-bond acceptors (Lipinski definition) is 1. The van der Waals surface area contributed by atoms with E-state index in [1.807, 2.05) is 12.2 Å². The smallest absolute Gasteiger partial charge is 0.0490 e. The van der Waals surface area contributed by atoms with Gasteiger partial charge in [-0.3, -0.25) is 0 Å². The Morgan fingerprint density at radius 1 is 1.04 bits per heavy atom. The summed E-state index contributed by atoms with van der Waals surface area (Å²) in [6.45, 7) is 16.9. The zero-order valence-corrected chi connectivity index (χ0v) is 17.4. The van der Waals surface area contributed by atoms with Crippen molar-refractivity contribution < 1.29 is 0 Å². The molecule has 0 atom stereocenters. The standard InChI is InChI=1S/C26H33N/c1-7-11-25(22-16-12-20(5)13-17-22)26(10-4)27(23(8-2)9-3)24-18-14-21(6)15-19-24/h8-10,12,14-16,18-19H,2,4,7,11,13,17H2,1,3,5-6H3/b23-9+,26-25-. The second-order valence-corrected chi connectivity index (χ2v) is 7.11. The number of aryl methyl sites for hydroxylation is 1. The first kappa shape index (κ1) is 20.8. The molecule has 0 heterocycles. The first-order chi connectivity index (χ1) is 13.0. The maximum absolute atomic E-state index is 4.19. The molecule has 0 spiro atoms. The van der Waals surface area contributed by atoms with Crippen LogP contribution in [0, 0.1) is 6.92 Å². The summed E-state index contributed by atoms with van der Waals surface area (Å²) >= 11 is 0. The molecule has 27 heavy (non-hydrogen) atoms. The highest BCUT2D eigenvalue weighted by Crippen LogP contribution is 2.35.